The number of aryl methyl sites for hydroxylation is 2. The molecule has 0 saturated heterocycles. The van der Waals surface area contributed by atoms with E-state index in [1.807, 2.05) is 4.72 Å². The number of amides is 2. The van der Waals surface area contributed by atoms with Gasteiger partial charge in [0.1, 0.15) is 23.5 Å². The van der Waals surface area contributed by atoms with Gasteiger partial charge in [-0.2, -0.15) is 0 Å². The highest BCUT2D eigenvalue weighted by Crippen LogP contribution is 2.29. The molecule has 3 heterocycles. The van der Waals surface area contributed by atoms with Gasteiger partial charge in [0.25, 0.3) is 21.5 Å². The lowest BCUT2D eigenvalue weighted by Crippen LogP contribution is -2.42. The van der Waals surface area contributed by atoms with Crippen LogP contribution in [0.3, 0.4) is 0 Å². The van der Waals surface area contributed by atoms with E-state index in [1.54, 1.807) is 20.8 Å². The van der Waals surface area contributed by atoms with Crippen molar-refractivity contribution in [3.05, 3.63) is 110 Å². The number of carbonyl (C=O) groups is 3. The number of carboxylic acid groups (broad SMARTS) is 1. The molecule has 0 saturated carbocycles. The Kier molecular flexibility index (Phi) is 9.89. The van der Waals surface area contributed by atoms with Gasteiger partial charge in [0.15, 0.2) is 0 Å². The van der Waals surface area contributed by atoms with Crippen LogP contribution < -0.4 is 26.6 Å². The van der Waals surface area contributed by atoms with E-state index >= 15 is 8.78 Å². The van der Waals surface area contributed by atoms with Gasteiger partial charge < -0.3 is 25.3 Å². The predicted molar refractivity (Wildman–Crippen MR) is 186 cm³/mol. The van der Waals surface area contributed by atoms with Crippen molar-refractivity contribution in [2.24, 2.45) is 12.5 Å². The predicted octanol–water partition coefficient (Wildman–Crippen LogP) is 3.21. The number of halogens is 2. The zero-order valence-corrected chi connectivity index (χ0v) is 29.2. The van der Waals surface area contributed by atoms with E-state index in [2.05, 4.69) is 20.6 Å². The molecule has 0 spiro atoms. The average Bonchev–Trinajstić information content (AvgIpc) is 3.47. The summed E-state index contributed by atoms with van der Waals surface area (Å²) in [6, 6.07) is 5.80. The van der Waals surface area contributed by atoms with Crippen LogP contribution in [-0.2, 0) is 33.1 Å². The largest absolute Gasteiger partial charge is 0.480 e. The Morgan fingerprint density at radius 3 is 2.37 bits per heavy atom. The maximum atomic E-state index is 15.1. The Morgan fingerprint density at radius 2 is 1.73 bits per heavy atom. The second kappa shape index (κ2) is 13.9. The summed E-state index contributed by atoms with van der Waals surface area (Å²) in [4.78, 5) is 69.0. The molecule has 272 valence electrons. The highest BCUT2D eigenvalue weighted by atomic mass is 32.2. The zero-order valence-electron chi connectivity index (χ0n) is 28.4. The first-order valence-corrected chi connectivity index (χ1v) is 17.0. The molecule has 0 bridgehead atoms. The molecule has 0 aliphatic heterocycles. The summed E-state index contributed by atoms with van der Waals surface area (Å²) < 4.78 is 60.6. The van der Waals surface area contributed by atoms with Gasteiger partial charge in [0, 0.05) is 60.0 Å². The third-order valence-electron chi connectivity index (χ3n) is 7.94. The quantitative estimate of drug-likeness (QED) is 0.142. The molecule has 5 rings (SSSR count). The molecule has 52 heavy (non-hydrogen) atoms. The number of carboxylic acids is 1. The summed E-state index contributed by atoms with van der Waals surface area (Å²) in [5.74, 6) is -5.79. The normalized spacial score (nSPS) is 12.4. The van der Waals surface area contributed by atoms with Crippen LogP contribution in [0.15, 0.2) is 75.5 Å². The Bertz CT molecular complexity index is 2450. The Balaban J connectivity index is 1.30. The van der Waals surface area contributed by atoms with Crippen molar-refractivity contribution in [1.82, 2.24) is 24.4 Å². The monoisotopic (exact) mass is 737 g/mol. The summed E-state index contributed by atoms with van der Waals surface area (Å²) >= 11 is 0. The molecule has 2 aromatic carbocycles. The van der Waals surface area contributed by atoms with Gasteiger partial charge in [0.05, 0.1) is 21.8 Å². The molecule has 0 radical (unpaired) electrons. The van der Waals surface area contributed by atoms with Crippen LogP contribution in [-0.4, -0.2) is 56.5 Å². The maximum absolute atomic E-state index is 15.1. The highest BCUT2D eigenvalue weighted by molar-refractivity contribution is 7.92. The smallest absolute Gasteiger partial charge is 0.336 e. The van der Waals surface area contributed by atoms with Crippen LogP contribution in [0.1, 0.15) is 42.3 Å². The second-order valence-corrected chi connectivity index (χ2v) is 14.7. The number of hydrogen-bond acceptors (Lipinski definition) is 8. The molecular formula is C34H33F2N7O8S. The zero-order chi connectivity index (χ0) is 38.3. The van der Waals surface area contributed by atoms with Gasteiger partial charge in [-0.15, -0.1) is 0 Å². The molecule has 0 fully saturated rings. The van der Waals surface area contributed by atoms with Crippen LogP contribution in [0.25, 0.3) is 16.7 Å². The number of benzene rings is 2. The number of aliphatic carboxylic acids is 1. The number of hydrogen-bond donors (Lipinski definition) is 5. The Hall–Kier alpha value is -6.17. The first-order chi connectivity index (χ1) is 24.3. The summed E-state index contributed by atoms with van der Waals surface area (Å²) in [5.41, 5.74) is -2.37. The fraction of sp³-hybridized carbons (Fsp3) is 0.235. The first kappa shape index (κ1) is 37.1. The van der Waals surface area contributed by atoms with Gasteiger partial charge >= 0.3 is 11.7 Å². The standard InChI is InChI=1S/C34H33F2N7O8S/c1-17-16-42(5)33(49)43(30(17)45)28-9-6-18(14-38-28)10-26(31(46)47)39-29(44)21-12-23(36)25(13-22(21)35)41-52(50,51)19-7-8-20-24(11-19)37-15-27(20)40-32(48)34(2,3)4/h6-9,11-16,26,37,41H,10H2,1-5H3,(H,39,44)(H,40,48)(H,46,47)/t26-/m0/s1. The number of nitrogens with one attached hydrogen (secondary N) is 4. The van der Waals surface area contributed by atoms with Gasteiger partial charge in [-0.05, 0) is 42.8 Å². The molecule has 1 atom stereocenters. The van der Waals surface area contributed by atoms with Gasteiger partial charge in [-0.25, -0.2) is 36.3 Å². The SMILES string of the molecule is Cc1cn(C)c(=O)n(-c2ccc(C[C@H](NC(=O)c3cc(F)c(NS(=O)(=O)c4ccc5c(NC(=O)C(C)(C)C)c[nH]c5c4)cc3F)C(=O)O)cn2)c1=O. The number of nitrogens with zero attached hydrogens (tertiary/aromatic N) is 3. The summed E-state index contributed by atoms with van der Waals surface area (Å²) in [7, 11) is -3.04. The lowest BCUT2D eigenvalue weighted by Gasteiger charge is -2.17. The number of carbonyl (C=O) groups excluding carboxylic acids is 2. The van der Waals surface area contributed by atoms with Gasteiger partial charge in [-0.3, -0.25) is 19.1 Å². The number of H-pyrrole nitrogens is 1. The third kappa shape index (κ3) is 7.60. The lowest BCUT2D eigenvalue weighted by molar-refractivity contribution is -0.139. The van der Waals surface area contributed by atoms with Crippen molar-refractivity contribution in [3.63, 3.8) is 0 Å². The van der Waals surface area contributed by atoms with Crippen LogP contribution in [0.2, 0.25) is 0 Å². The number of sulfonamides is 1. The molecule has 5 N–H and O–H groups in total. The van der Waals surface area contributed by atoms with E-state index in [0.29, 0.717) is 28.7 Å². The van der Waals surface area contributed by atoms with E-state index in [-0.39, 0.29) is 34.2 Å². The molecule has 0 aliphatic rings. The van der Waals surface area contributed by atoms with Crippen molar-refractivity contribution in [2.75, 3.05) is 10.0 Å². The minimum atomic E-state index is -4.49. The highest BCUT2D eigenvalue weighted by Gasteiger charge is 2.27. The molecule has 0 unspecified atom stereocenters. The molecule has 15 nitrogen and oxygen atoms in total. The molecule has 2 amide bonds. The van der Waals surface area contributed by atoms with Crippen LogP contribution >= 0.6 is 0 Å². The molecular weight excluding hydrogens is 704 g/mol. The number of anilines is 2. The minimum Gasteiger partial charge on any atom is -0.480 e. The van der Waals surface area contributed by atoms with Crippen molar-refractivity contribution in [1.29, 1.82) is 0 Å². The number of aromatic amines is 1. The van der Waals surface area contributed by atoms with Gasteiger partial charge in [0.2, 0.25) is 5.91 Å². The number of aromatic nitrogens is 4. The minimum absolute atomic E-state index is 0.0252. The van der Waals surface area contributed by atoms with Crippen molar-refractivity contribution >= 4 is 50.1 Å². The van der Waals surface area contributed by atoms with E-state index in [9.17, 15) is 37.5 Å². The topological polar surface area (TPSA) is 214 Å². The van der Waals surface area contributed by atoms with E-state index in [0.717, 1.165) is 4.57 Å². The molecule has 5 aromatic rings. The first-order valence-electron chi connectivity index (χ1n) is 15.5. The Labute approximate surface area is 294 Å². The van der Waals surface area contributed by atoms with Crippen molar-refractivity contribution in [3.8, 4) is 5.82 Å². The van der Waals surface area contributed by atoms with Crippen LogP contribution in [0.5, 0.6) is 0 Å². The average molecular weight is 738 g/mol. The van der Waals surface area contributed by atoms with E-state index < -0.39 is 67.5 Å². The van der Waals surface area contributed by atoms with Crippen LogP contribution in [0.4, 0.5) is 20.2 Å². The lowest BCUT2D eigenvalue weighted by atomic mass is 9.95. The van der Waals surface area contributed by atoms with Gasteiger partial charge in [-0.1, -0.05) is 26.8 Å². The summed E-state index contributed by atoms with van der Waals surface area (Å²) in [6.07, 6.45) is 3.69. The maximum Gasteiger partial charge on any atom is 0.336 e. The number of pyridine rings is 1. The summed E-state index contributed by atoms with van der Waals surface area (Å²) in [6.45, 7) is 6.71. The van der Waals surface area contributed by atoms with Crippen molar-refractivity contribution < 1.29 is 36.7 Å². The fourth-order valence-electron chi connectivity index (χ4n) is 5.05. The molecule has 0 aliphatic carbocycles. The third-order valence-corrected chi connectivity index (χ3v) is 9.30. The molecule has 18 heteroatoms. The van der Waals surface area contributed by atoms with E-state index in [4.69, 9.17) is 0 Å². The fourth-order valence-corrected chi connectivity index (χ4v) is 6.14. The van der Waals surface area contributed by atoms with E-state index in [1.165, 1.54) is 67.5 Å². The van der Waals surface area contributed by atoms with Crippen LogP contribution in [0, 0.1) is 24.0 Å². The number of rotatable bonds is 10. The summed E-state index contributed by atoms with van der Waals surface area (Å²) in [5, 5.41) is 15.1. The Morgan fingerprint density at radius 1 is 1.02 bits per heavy atom. The second-order valence-electron chi connectivity index (χ2n) is 13.0. The van der Waals surface area contributed by atoms with Crippen molar-refractivity contribution in [2.45, 2.75) is 45.1 Å². The molecule has 3 aromatic heterocycles. The number of fused-ring (bicyclic) bond motifs is 1.